The summed E-state index contributed by atoms with van der Waals surface area (Å²) in [6, 6.07) is 0. The van der Waals surface area contributed by atoms with Gasteiger partial charge < -0.3 is 15.2 Å². The Hall–Kier alpha value is -2.05. The minimum absolute atomic E-state index is 0.281. The maximum atomic E-state index is 11.7. The van der Waals surface area contributed by atoms with Gasteiger partial charge in [-0.1, -0.05) is 0 Å². The normalized spacial score (nSPS) is 25.7. The van der Waals surface area contributed by atoms with E-state index in [0.717, 1.165) is 5.56 Å². The Kier molecular flexibility index (Phi) is 3.00. The lowest BCUT2D eigenvalue weighted by molar-refractivity contribution is -0.140. The molecule has 104 valence electrons. The summed E-state index contributed by atoms with van der Waals surface area (Å²) in [5.41, 5.74) is -1.19. The second kappa shape index (κ2) is 4.25. The Morgan fingerprint density at radius 3 is 2.74 bits per heavy atom. The number of hydrogen-bond donors (Lipinski definition) is 3. The first kappa shape index (κ1) is 13.4. The zero-order valence-corrected chi connectivity index (χ0v) is 11.1. The van der Waals surface area contributed by atoms with Crippen LogP contribution in [-0.4, -0.2) is 38.5 Å². The van der Waals surface area contributed by atoms with Crippen LogP contribution in [0.4, 0.5) is 4.79 Å². The number of ether oxygens (including phenoxy) is 1. The summed E-state index contributed by atoms with van der Waals surface area (Å²) in [5, 5.41) is 18.2. The molecule has 0 radical (unpaired) electrons. The van der Waals surface area contributed by atoms with E-state index in [9.17, 15) is 14.7 Å². The minimum Gasteiger partial charge on any atom is -0.479 e. The second-order valence-electron chi connectivity index (χ2n) is 5.69. The van der Waals surface area contributed by atoms with Crippen LogP contribution >= 0.6 is 0 Å². The number of amides is 1. The predicted octanol–water partition coefficient (Wildman–Crippen LogP) is 1.25. The topological polar surface area (TPSA) is 104 Å². The van der Waals surface area contributed by atoms with Crippen LogP contribution in [0.15, 0.2) is 12.4 Å². The molecule has 1 amide bonds. The number of carbonyl (C=O) groups is 2. The molecule has 19 heavy (non-hydrogen) atoms. The summed E-state index contributed by atoms with van der Waals surface area (Å²) in [4.78, 5) is 23.1. The highest BCUT2D eigenvalue weighted by Gasteiger charge is 2.63. The minimum atomic E-state index is -1.29. The molecule has 2 unspecified atom stereocenters. The van der Waals surface area contributed by atoms with E-state index in [-0.39, 0.29) is 5.92 Å². The highest BCUT2D eigenvalue weighted by atomic mass is 16.6. The maximum absolute atomic E-state index is 11.7. The lowest BCUT2D eigenvalue weighted by atomic mass is 10.1. The van der Waals surface area contributed by atoms with Gasteiger partial charge in [0.25, 0.3) is 0 Å². The van der Waals surface area contributed by atoms with Gasteiger partial charge in [0.1, 0.15) is 11.1 Å². The number of nitrogens with one attached hydrogen (secondary N) is 2. The first-order valence-electron chi connectivity index (χ1n) is 5.98. The van der Waals surface area contributed by atoms with Gasteiger partial charge in [-0.25, -0.2) is 9.59 Å². The van der Waals surface area contributed by atoms with Crippen molar-refractivity contribution in [3.8, 4) is 0 Å². The van der Waals surface area contributed by atoms with Gasteiger partial charge in [0.05, 0.1) is 6.20 Å². The quantitative estimate of drug-likeness (QED) is 0.764. The number of nitrogens with zero attached hydrogens (tertiary/aromatic N) is 1. The van der Waals surface area contributed by atoms with Crippen LogP contribution in [0.25, 0.3) is 0 Å². The third kappa shape index (κ3) is 2.69. The largest absolute Gasteiger partial charge is 0.479 e. The standard InChI is InChI=1S/C12H17N3O4/c1-11(2,3)19-10(18)15-12(9(16)17)4-8(12)7-5-13-14-6-7/h5-6,8H,4H2,1-3H3,(H,13,14)(H,15,18)(H,16,17). The van der Waals surface area contributed by atoms with E-state index in [1.807, 2.05) is 0 Å². The highest BCUT2D eigenvalue weighted by Crippen LogP contribution is 2.51. The number of carboxylic acids is 1. The smallest absolute Gasteiger partial charge is 0.408 e. The Bertz CT molecular complexity index is 492. The van der Waals surface area contributed by atoms with E-state index >= 15 is 0 Å². The van der Waals surface area contributed by atoms with E-state index in [1.54, 1.807) is 33.2 Å². The summed E-state index contributed by atoms with van der Waals surface area (Å²) < 4.78 is 5.09. The Morgan fingerprint density at radius 2 is 2.26 bits per heavy atom. The average molecular weight is 267 g/mol. The van der Waals surface area contributed by atoms with Gasteiger partial charge >= 0.3 is 12.1 Å². The Labute approximate surface area is 110 Å². The van der Waals surface area contributed by atoms with Crippen LogP contribution in [-0.2, 0) is 9.53 Å². The fourth-order valence-electron chi connectivity index (χ4n) is 2.03. The van der Waals surface area contributed by atoms with Crippen LogP contribution < -0.4 is 5.32 Å². The van der Waals surface area contributed by atoms with Crippen molar-refractivity contribution < 1.29 is 19.4 Å². The number of carboxylic acid groups (broad SMARTS) is 1. The van der Waals surface area contributed by atoms with Crippen molar-refractivity contribution in [2.75, 3.05) is 0 Å². The molecule has 1 aromatic heterocycles. The van der Waals surface area contributed by atoms with Crippen LogP contribution in [0.5, 0.6) is 0 Å². The number of aromatic nitrogens is 2. The van der Waals surface area contributed by atoms with Crippen LogP contribution in [0.1, 0.15) is 38.7 Å². The zero-order chi connectivity index (χ0) is 14.3. The molecule has 1 aromatic rings. The van der Waals surface area contributed by atoms with Crippen LogP contribution in [0, 0.1) is 0 Å². The number of carbonyl (C=O) groups excluding carboxylic acids is 1. The summed E-state index contributed by atoms with van der Waals surface area (Å²) in [6.07, 6.45) is 2.81. The third-order valence-electron chi connectivity index (χ3n) is 2.99. The van der Waals surface area contributed by atoms with Gasteiger partial charge in [0.15, 0.2) is 0 Å². The first-order valence-corrected chi connectivity index (χ1v) is 5.98. The molecular formula is C12H17N3O4. The lowest BCUT2D eigenvalue weighted by Gasteiger charge is -2.22. The van der Waals surface area contributed by atoms with Gasteiger partial charge in [-0.2, -0.15) is 5.10 Å². The number of alkyl carbamates (subject to hydrolysis) is 1. The molecule has 1 heterocycles. The van der Waals surface area contributed by atoms with Gasteiger partial charge in [-0.15, -0.1) is 0 Å². The van der Waals surface area contributed by atoms with E-state index in [0.29, 0.717) is 6.42 Å². The second-order valence-corrected chi connectivity index (χ2v) is 5.69. The molecule has 1 fully saturated rings. The highest BCUT2D eigenvalue weighted by molar-refractivity contribution is 5.89. The van der Waals surface area contributed by atoms with Crippen molar-refractivity contribution in [1.29, 1.82) is 0 Å². The average Bonchev–Trinajstić information content (AvgIpc) is 2.72. The Morgan fingerprint density at radius 1 is 1.58 bits per heavy atom. The molecule has 7 heteroatoms. The van der Waals surface area contributed by atoms with E-state index in [1.165, 1.54) is 0 Å². The molecule has 0 spiro atoms. The Balaban J connectivity index is 2.08. The van der Waals surface area contributed by atoms with Gasteiger partial charge in [-0.05, 0) is 32.8 Å². The molecule has 1 saturated carbocycles. The van der Waals surface area contributed by atoms with Crippen LogP contribution in [0.3, 0.4) is 0 Å². The maximum Gasteiger partial charge on any atom is 0.408 e. The summed E-state index contributed by atoms with van der Waals surface area (Å²) in [6.45, 7) is 5.17. The number of rotatable bonds is 3. The molecular weight excluding hydrogens is 250 g/mol. The van der Waals surface area contributed by atoms with Gasteiger partial charge in [-0.3, -0.25) is 5.10 Å². The molecule has 1 aliphatic rings. The van der Waals surface area contributed by atoms with E-state index in [4.69, 9.17) is 4.74 Å². The summed E-state index contributed by atoms with van der Waals surface area (Å²) in [5.74, 6) is -1.35. The van der Waals surface area contributed by atoms with Gasteiger partial charge in [0, 0.05) is 12.1 Å². The predicted molar refractivity (Wildman–Crippen MR) is 65.7 cm³/mol. The van der Waals surface area contributed by atoms with Crippen molar-refractivity contribution in [1.82, 2.24) is 15.5 Å². The molecule has 0 aromatic carbocycles. The molecule has 0 saturated heterocycles. The number of aromatic amines is 1. The van der Waals surface area contributed by atoms with Gasteiger partial charge in [0.2, 0.25) is 0 Å². The van der Waals surface area contributed by atoms with E-state index in [2.05, 4.69) is 15.5 Å². The number of H-pyrrole nitrogens is 1. The van der Waals surface area contributed by atoms with Crippen LogP contribution in [0.2, 0.25) is 0 Å². The molecule has 0 bridgehead atoms. The number of aliphatic carboxylic acids is 1. The fourth-order valence-corrected chi connectivity index (χ4v) is 2.03. The molecule has 2 rings (SSSR count). The van der Waals surface area contributed by atoms with Crippen molar-refractivity contribution >= 4 is 12.1 Å². The van der Waals surface area contributed by atoms with E-state index < -0.39 is 23.2 Å². The molecule has 0 aliphatic heterocycles. The molecule has 7 nitrogen and oxygen atoms in total. The monoisotopic (exact) mass is 267 g/mol. The number of hydrogen-bond acceptors (Lipinski definition) is 4. The van der Waals surface area contributed by atoms with Crippen molar-refractivity contribution in [2.45, 2.75) is 44.2 Å². The lowest BCUT2D eigenvalue weighted by Crippen LogP contribution is -2.46. The SMILES string of the molecule is CC(C)(C)OC(=O)NC1(C(=O)O)CC1c1cn[nH]c1. The fraction of sp³-hybridized carbons (Fsp3) is 0.583. The van der Waals surface area contributed by atoms with Crippen molar-refractivity contribution in [3.63, 3.8) is 0 Å². The summed E-state index contributed by atoms with van der Waals surface area (Å²) in [7, 11) is 0. The first-order chi connectivity index (χ1) is 8.74. The summed E-state index contributed by atoms with van der Waals surface area (Å²) >= 11 is 0. The molecule has 3 N–H and O–H groups in total. The van der Waals surface area contributed by atoms with Crippen molar-refractivity contribution in [3.05, 3.63) is 18.0 Å². The molecule has 1 aliphatic carbocycles. The third-order valence-corrected chi connectivity index (χ3v) is 2.99. The van der Waals surface area contributed by atoms with Crippen molar-refractivity contribution in [2.24, 2.45) is 0 Å². The zero-order valence-electron chi connectivity index (χ0n) is 11.1. The molecule has 2 atom stereocenters.